The number of para-hydroxylation sites is 1. The average Bonchev–Trinajstić information content (AvgIpc) is 3.35. The Kier molecular flexibility index (Phi) is 6.50. The molecule has 0 saturated carbocycles. The van der Waals surface area contributed by atoms with Crippen molar-refractivity contribution in [1.82, 2.24) is 4.90 Å². The second kappa shape index (κ2) is 9.45. The quantitative estimate of drug-likeness (QED) is 0.758. The number of hydrogen-bond acceptors (Lipinski definition) is 5. The first kappa shape index (κ1) is 20.6. The SMILES string of the molecule is Cc1ccc(NC(=O)C[C@@H]2SC(=Nc3ccccc3)N(C[C@@H]3CCCO3)C2=O)cc1. The summed E-state index contributed by atoms with van der Waals surface area (Å²) in [5.41, 5.74) is 2.64. The maximum Gasteiger partial charge on any atom is 0.242 e. The maximum atomic E-state index is 13.1. The van der Waals surface area contributed by atoms with Crippen molar-refractivity contribution in [2.75, 3.05) is 18.5 Å². The normalized spacial score (nSPS) is 22.6. The summed E-state index contributed by atoms with van der Waals surface area (Å²) in [4.78, 5) is 32.0. The molecule has 0 aromatic heterocycles. The van der Waals surface area contributed by atoms with Gasteiger partial charge >= 0.3 is 0 Å². The minimum atomic E-state index is -0.487. The fourth-order valence-corrected chi connectivity index (χ4v) is 4.68. The van der Waals surface area contributed by atoms with E-state index < -0.39 is 5.25 Å². The van der Waals surface area contributed by atoms with Gasteiger partial charge in [-0.1, -0.05) is 47.7 Å². The number of carbonyl (C=O) groups is 2. The van der Waals surface area contributed by atoms with Gasteiger partial charge in [0.25, 0.3) is 0 Å². The van der Waals surface area contributed by atoms with Gasteiger partial charge in [-0.05, 0) is 44.0 Å². The van der Waals surface area contributed by atoms with Gasteiger partial charge < -0.3 is 10.1 Å². The van der Waals surface area contributed by atoms with E-state index in [2.05, 4.69) is 10.3 Å². The summed E-state index contributed by atoms with van der Waals surface area (Å²) in [6, 6.07) is 17.2. The third-order valence-electron chi connectivity index (χ3n) is 5.12. The first-order valence-electron chi connectivity index (χ1n) is 10.2. The van der Waals surface area contributed by atoms with E-state index in [1.165, 1.54) is 11.8 Å². The Bertz CT molecular complexity index is 924. The van der Waals surface area contributed by atoms with Crippen LogP contribution < -0.4 is 5.32 Å². The van der Waals surface area contributed by atoms with Gasteiger partial charge in [-0.3, -0.25) is 14.5 Å². The largest absolute Gasteiger partial charge is 0.376 e. The van der Waals surface area contributed by atoms with Gasteiger partial charge in [0.2, 0.25) is 11.8 Å². The first-order valence-corrected chi connectivity index (χ1v) is 11.1. The van der Waals surface area contributed by atoms with E-state index in [0.717, 1.165) is 36.4 Å². The van der Waals surface area contributed by atoms with Crippen molar-refractivity contribution >= 4 is 40.1 Å². The summed E-state index contributed by atoms with van der Waals surface area (Å²) >= 11 is 1.36. The number of aryl methyl sites for hydroxylation is 1. The molecule has 0 aliphatic carbocycles. The Morgan fingerprint density at radius 3 is 2.67 bits per heavy atom. The van der Waals surface area contributed by atoms with Crippen LogP contribution in [0.3, 0.4) is 0 Å². The number of benzene rings is 2. The third kappa shape index (κ3) is 5.09. The number of amidine groups is 1. The number of hydrogen-bond donors (Lipinski definition) is 1. The van der Waals surface area contributed by atoms with Gasteiger partial charge in [0, 0.05) is 18.7 Å². The molecule has 0 radical (unpaired) electrons. The predicted molar refractivity (Wildman–Crippen MR) is 120 cm³/mol. The van der Waals surface area contributed by atoms with Crippen LogP contribution in [0.15, 0.2) is 59.6 Å². The van der Waals surface area contributed by atoms with Gasteiger partial charge in [-0.2, -0.15) is 0 Å². The fourth-order valence-electron chi connectivity index (χ4n) is 3.52. The van der Waals surface area contributed by atoms with Crippen molar-refractivity contribution in [1.29, 1.82) is 0 Å². The Balaban J connectivity index is 1.47. The maximum absolute atomic E-state index is 13.1. The highest BCUT2D eigenvalue weighted by atomic mass is 32.2. The van der Waals surface area contributed by atoms with Gasteiger partial charge in [0.15, 0.2) is 5.17 Å². The molecule has 2 aliphatic heterocycles. The van der Waals surface area contributed by atoms with Crippen molar-refractivity contribution in [3.05, 3.63) is 60.2 Å². The zero-order valence-electron chi connectivity index (χ0n) is 16.9. The van der Waals surface area contributed by atoms with Crippen molar-refractivity contribution in [2.45, 2.75) is 37.5 Å². The van der Waals surface area contributed by atoms with Crippen LogP contribution in [0.5, 0.6) is 0 Å². The second-order valence-corrected chi connectivity index (χ2v) is 8.71. The van der Waals surface area contributed by atoms with Crippen LogP contribution in [-0.2, 0) is 14.3 Å². The van der Waals surface area contributed by atoms with Crippen molar-refractivity contribution in [3.63, 3.8) is 0 Å². The highest BCUT2D eigenvalue weighted by Gasteiger charge is 2.40. The molecule has 4 rings (SSSR count). The molecule has 30 heavy (non-hydrogen) atoms. The molecule has 2 heterocycles. The van der Waals surface area contributed by atoms with Crippen LogP contribution in [-0.4, -0.2) is 46.4 Å². The molecule has 2 aromatic carbocycles. The van der Waals surface area contributed by atoms with E-state index in [1.807, 2.05) is 61.5 Å². The summed E-state index contributed by atoms with van der Waals surface area (Å²) < 4.78 is 5.73. The van der Waals surface area contributed by atoms with Crippen LogP contribution in [0, 0.1) is 6.92 Å². The molecule has 0 bridgehead atoms. The van der Waals surface area contributed by atoms with Crippen LogP contribution in [0.4, 0.5) is 11.4 Å². The average molecular weight is 424 g/mol. The number of nitrogens with one attached hydrogen (secondary N) is 1. The second-order valence-electron chi connectivity index (χ2n) is 7.54. The summed E-state index contributed by atoms with van der Waals surface area (Å²) in [5, 5.41) is 3.03. The lowest BCUT2D eigenvalue weighted by Gasteiger charge is -2.20. The monoisotopic (exact) mass is 423 g/mol. The lowest BCUT2D eigenvalue weighted by atomic mass is 10.2. The molecule has 7 heteroatoms. The Labute approximate surface area is 180 Å². The first-order chi connectivity index (χ1) is 14.6. The zero-order chi connectivity index (χ0) is 20.9. The van der Waals surface area contributed by atoms with Crippen molar-refractivity contribution in [2.24, 2.45) is 4.99 Å². The van der Waals surface area contributed by atoms with Crippen molar-refractivity contribution < 1.29 is 14.3 Å². The molecular weight excluding hydrogens is 398 g/mol. The lowest BCUT2D eigenvalue weighted by molar-refractivity contribution is -0.129. The standard InChI is InChI=1S/C23H25N3O3S/c1-16-9-11-18(12-10-16)24-21(27)14-20-22(28)26(15-19-8-5-13-29-19)23(30-20)25-17-6-3-2-4-7-17/h2-4,6-7,9-12,19-20H,5,8,13-15H2,1H3,(H,24,27)/t19-,20-/m0/s1. The molecule has 0 spiro atoms. The van der Waals surface area contributed by atoms with E-state index in [1.54, 1.807) is 4.90 Å². The van der Waals surface area contributed by atoms with Crippen LogP contribution >= 0.6 is 11.8 Å². The lowest BCUT2D eigenvalue weighted by Crippen LogP contribution is -2.38. The highest BCUT2D eigenvalue weighted by Crippen LogP contribution is 2.33. The minimum Gasteiger partial charge on any atom is -0.376 e. The van der Waals surface area contributed by atoms with Crippen molar-refractivity contribution in [3.8, 4) is 0 Å². The number of ether oxygens (including phenoxy) is 1. The summed E-state index contributed by atoms with van der Waals surface area (Å²) in [6.45, 7) is 3.21. The van der Waals surface area contributed by atoms with Crippen LogP contribution in [0.2, 0.25) is 0 Å². The Morgan fingerprint density at radius 2 is 1.97 bits per heavy atom. The molecule has 0 unspecified atom stereocenters. The van der Waals surface area contributed by atoms with E-state index in [4.69, 9.17) is 4.74 Å². The van der Waals surface area contributed by atoms with Gasteiger partial charge in [0.05, 0.1) is 18.3 Å². The van der Waals surface area contributed by atoms with E-state index in [-0.39, 0.29) is 24.3 Å². The summed E-state index contributed by atoms with van der Waals surface area (Å²) in [5.74, 6) is -0.257. The van der Waals surface area contributed by atoms with Gasteiger partial charge in [-0.25, -0.2) is 4.99 Å². The Morgan fingerprint density at radius 1 is 1.20 bits per heavy atom. The van der Waals surface area contributed by atoms with E-state index in [9.17, 15) is 9.59 Å². The summed E-state index contributed by atoms with van der Waals surface area (Å²) in [7, 11) is 0. The highest BCUT2D eigenvalue weighted by molar-refractivity contribution is 8.15. The van der Waals surface area contributed by atoms with Gasteiger partial charge in [-0.15, -0.1) is 0 Å². The van der Waals surface area contributed by atoms with Crippen LogP contribution in [0.25, 0.3) is 0 Å². The molecule has 2 atom stereocenters. The number of carbonyl (C=O) groups excluding carboxylic acids is 2. The molecule has 2 saturated heterocycles. The molecule has 2 aliphatic rings. The number of anilines is 1. The molecule has 2 amide bonds. The summed E-state index contributed by atoms with van der Waals surface area (Å²) in [6.07, 6.45) is 2.07. The van der Waals surface area contributed by atoms with Crippen LogP contribution in [0.1, 0.15) is 24.8 Å². The zero-order valence-corrected chi connectivity index (χ0v) is 17.7. The molecule has 2 aromatic rings. The Hall–Kier alpha value is -2.64. The topological polar surface area (TPSA) is 71.0 Å². The molecule has 2 fully saturated rings. The predicted octanol–water partition coefficient (Wildman–Crippen LogP) is 4.13. The number of thioether (sulfide) groups is 1. The smallest absolute Gasteiger partial charge is 0.242 e. The number of aliphatic imine (C=N–C) groups is 1. The van der Waals surface area contributed by atoms with E-state index in [0.29, 0.717) is 11.7 Å². The minimum absolute atomic E-state index is 0.0238. The third-order valence-corrected chi connectivity index (χ3v) is 6.29. The number of nitrogens with zero attached hydrogens (tertiary/aromatic N) is 2. The number of rotatable bonds is 6. The van der Waals surface area contributed by atoms with Gasteiger partial charge in [0.1, 0.15) is 5.25 Å². The molecule has 6 nitrogen and oxygen atoms in total. The molecule has 156 valence electrons. The molecular formula is C23H25N3O3S. The fraction of sp³-hybridized carbons (Fsp3) is 0.348. The number of amides is 2. The molecule has 1 N–H and O–H groups in total. The van der Waals surface area contributed by atoms with E-state index >= 15 is 0 Å².